The summed E-state index contributed by atoms with van der Waals surface area (Å²) in [5.74, 6) is 0.153. The molecule has 2 aromatic rings. The van der Waals surface area contributed by atoms with Crippen molar-refractivity contribution in [2.75, 3.05) is 25.0 Å². The van der Waals surface area contributed by atoms with Crippen molar-refractivity contribution in [3.8, 4) is 0 Å². The summed E-state index contributed by atoms with van der Waals surface area (Å²) in [6.07, 6.45) is 2.56. The SMILES string of the molecule is CC(=O)OCCCc1cccc(NC(=O)N2CC[C@H](c3ccccc3)C2)c1. The molecule has 27 heavy (non-hydrogen) atoms. The minimum atomic E-state index is -0.254. The van der Waals surface area contributed by atoms with Crippen molar-refractivity contribution < 1.29 is 14.3 Å². The highest BCUT2D eigenvalue weighted by atomic mass is 16.5. The van der Waals surface area contributed by atoms with E-state index in [0.717, 1.165) is 43.6 Å². The molecule has 1 aliphatic heterocycles. The van der Waals surface area contributed by atoms with Crippen LogP contribution in [0.3, 0.4) is 0 Å². The Morgan fingerprint density at radius 2 is 1.96 bits per heavy atom. The smallest absolute Gasteiger partial charge is 0.321 e. The number of nitrogens with zero attached hydrogens (tertiary/aromatic N) is 1. The lowest BCUT2D eigenvalue weighted by Crippen LogP contribution is -2.32. The molecule has 0 bridgehead atoms. The van der Waals surface area contributed by atoms with E-state index >= 15 is 0 Å². The third kappa shape index (κ3) is 5.58. The highest BCUT2D eigenvalue weighted by molar-refractivity contribution is 5.89. The number of hydrogen-bond donors (Lipinski definition) is 1. The molecular formula is C22H26N2O3. The van der Waals surface area contributed by atoms with Crippen molar-refractivity contribution in [2.45, 2.75) is 32.1 Å². The Morgan fingerprint density at radius 3 is 2.74 bits per heavy atom. The zero-order valence-electron chi connectivity index (χ0n) is 15.7. The number of likely N-dealkylation sites (tertiary alicyclic amines) is 1. The topological polar surface area (TPSA) is 58.6 Å². The van der Waals surface area contributed by atoms with Crippen LogP contribution in [0.15, 0.2) is 54.6 Å². The molecule has 0 aliphatic carbocycles. The number of nitrogens with one attached hydrogen (secondary N) is 1. The maximum Gasteiger partial charge on any atom is 0.321 e. The Morgan fingerprint density at radius 1 is 1.15 bits per heavy atom. The second-order valence-electron chi connectivity index (χ2n) is 6.92. The fraction of sp³-hybridized carbons (Fsp3) is 0.364. The number of aryl methyl sites for hydroxylation is 1. The van der Waals surface area contributed by atoms with Crippen LogP contribution in [0.4, 0.5) is 10.5 Å². The number of rotatable bonds is 6. The summed E-state index contributed by atoms with van der Waals surface area (Å²) in [5, 5.41) is 3.01. The monoisotopic (exact) mass is 366 g/mol. The molecule has 0 unspecified atom stereocenters. The molecule has 1 N–H and O–H groups in total. The molecule has 1 saturated heterocycles. The van der Waals surface area contributed by atoms with Gasteiger partial charge in [0.05, 0.1) is 6.61 Å². The lowest BCUT2D eigenvalue weighted by atomic mass is 9.99. The predicted molar refractivity (Wildman–Crippen MR) is 106 cm³/mol. The van der Waals surface area contributed by atoms with E-state index in [-0.39, 0.29) is 12.0 Å². The van der Waals surface area contributed by atoms with Crippen LogP contribution in [0.1, 0.15) is 36.8 Å². The average molecular weight is 366 g/mol. The summed E-state index contributed by atoms with van der Waals surface area (Å²) in [4.78, 5) is 25.3. The van der Waals surface area contributed by atoms with E-state index in [1.54, 1.807) is 0 Å². The van der Waals surface area contributed by atoms with Crippen LogP contribution in [0.5, 0.6) is 0 Å². The lowest BCUT2D eigenvalue weighted by Gasteiger charge is -2.18. The number of benzene rings is 2. The van der Waals surface area contributed by atoms with Gasteiger partial charge in [-0.05, 0) is 42.5 Å². The van der Waals surface area contributed by atoms with Crippen LogP contribution in [0, 0.1) is 0 Å². The van der Waals surface area contributed by atoms with Gasteiger partial charge >= 0.3 is 12.0 Å². The summed E-state index contributed by atoms with van der Waals surface area (Å²) >= 11 is 0. The van der Waals surface area contributed by atoms with Gasteiger partial charge in [0, 0.05) is 31.6 Å². The number of carbonyl (C=O) groups excluding carboxylic acids is 2. The molecule has 5 heteroatoms. The van der Waals surface area contributed by atoms with E-state index in [1.165, 1.54) is 12.5 Å². The van der Waals surface area contributed by atoms with Gasteiger partial charge in [0.25, 0.3) is 0 Å². The Bertz CT molecular complexity index is 776. The summed E-state index contributed by atoms with van der Waals surface area (Å²) < 4.78 is 4.96. The summed E-state index contributed by atoms with van der Waals surface area (Å²) in [6.45, 7) is 3.35. The number of anilines is 1. The maximum absolute atomic E-state index is 12.6. The van der Waals surface area contributed by atoms with Crippen molar-refractivity contribution >= 4 is 17.7 Å². The van der Waals surface area contributed by atoms with Gasteiger partial charge in [-0.1, -0.05) is 42.5 Å². The summed E-state index contributed by atoms with van der Waals surface area (Å²) in [5.41, 5.74) is 3.21. The van der Waals surface area contributed by atoms with Crippen LogP contribution < -0.4 is 5.32 Å². The largest absolute Gasteiger partial charge is 0.466 e. The van der Waals surface area contributed by atoms with Crippen molar-refractivity contribution in [1.29, 1.82) is 0 Å². The average Bonchev–Trinajstić information content (AvgIpc) is 3.17. The Hall–Kier alpha value is -2.82. The van der Waals surface area contributed by atoms with Crippen LogP contribution in [-0.2, 0) is 16.0 Å². The molecule has 0 spiro atoms. The number of amides is 2. The molecule has 5 nitrogen and oxygen atoms in total. The first kappa shape index (κ1) is 19.0. The molecule has 142 valence electrons. The van der Waals surface area contributed by atoms with E-state index < -0.39 is 0 Å². The van der Waals surface area contributed by atoms with Gasteiger partial charge in [0.2, 0.25) is 0 Å². The third-order valence-corrected chi connectivity index (χ3v) is 4.84. The van der Waals surface area contributed by atoms with E-state index in [1.807, 2.05) is 47.4 Å². The summed E-state index contributed by atoms with van der Waals surface area (Å²) in [6, 6.07) is 18.2. The minimum absolute atomic E-state index is 0.0505. The molecule has 1 atom stereocenters. The highest BCUT2D eigenvalue weighted by Gasteiger charge is 2.27. The van der Waals surface area contributed by atoms with Gasteiger partial charge in [0.15, 0.2) is 0 Å². The van der Waals surface area contributed by atoms with Crippen LogP contribution in [0.2, 0.25) is 0 Å². The lowest BCUT2D eigenvalue weighted by molar-refractivity contribution is -0.141. The van der Waals surface area contributed by atoms with Gasteiger partial charge in [-0.2, -0.15) is 0 Å². The summed E-state index contributed by atoms with van der Waals surface area (Å²) in [7, 11) is 0. The van der Waals surface area contributed by atoms with Crippen LogP contribution in [-0.4, -0.2) is 36.6 Å². The predicted octanol–water partition coefficient (Wildman–Crippen LogP) is 4.20. The van der Waals surface area contributed by atoms with Gasteiger partial charge in [-0.25, -0.2) is 4.79 Å². The first-order valence-corrected chi connectivity index (χ1v) is 9.45. The Kier molecular flexibility index (Phi) is 6.47. The zero-order valence-corrected chi connectivity index (χ0v) is 15.7. The van der Waals surface area contributed by atoms with E-state index in [2.05, 4.69) is 17.4 Å². The number of ether oxygens (including phenoxy) is 1. The molecule has 0 saturated carbocycles. The molecule has 1 heterocycles. The number of urea groups is 1. The van der Waals surface area contributed by atoms with Gasteiger partial charge in [-0.3, -0.25) is 4.79 Å². The first-order valence-electron chi connectivity index (χ1n) is 9.45. The van der Waals surface area contributed by atoms with E-state index in [4.69, 9.17) is 4.74 Å². The van der Waals surface area contributed by atoms with E-state index in [9.17, 15) is 9.59 Å². The molecular weight excluding hydrogens is 340 g/mol. The quantitative estimate of drug-likeness (QED) is 0.616. The zero-order chi connectivity index (χ0) is 19.1. The second kappa shape index (κ2) is 9.21. The van der Waals surface area contributed by atoms with E-state index in [0.29, 0.717) is 12.5 Å². The molecule has 2 amide bonds. The molecule has 3 rings (SSSR count). The molecule has 1 fully saturated rings. The number of carbonyl (C=O) groups is 2. The molecule has 1 aliphatic rings. The van der Waals surface area contributed by atoms with Crippen LogP contribution in [0.25, 0.3) is 0 Å². The second-order valence-corrected chi connectivity index (χ2v) is 6.92. The number of hydrogen-bond acceptors (Lipinski definition) is 3. The van der Waals surface area contributed by atoms with Crippen molar-refractivity contribution in [3.05, 3.63) is 65.7 Å². The number of esters is 1. The minimum Gasteiger partial charge on any atom is -0.466 e. The molecule has 2 aromatic carbocycles. The fourth-order valence-corrected chi connectivity index (χ4v) is 3.44. The normalized spacial score (nSPS) is 16.2. The molecule has 0 aromatic heterocycles. The van der Waals surface area contributed by atoms with Crippen LogP contribution >= 0.6 is 0 Å². The Balaban J connectivity index is 1.51. The maximum atomic E-state index is 12.6. The highest BCUT2D eigenvalue weighted by Crippen LogP contribution is 2.27. The van der Waals surface area contributed by atoms with Gasteiger partial charge in [0.1, 0.15) is 0 Å². The Labute approximate surface area is 160 Å². The van der Waals surface area contributed by atoms with Crippen molar-refractivity contribution in [1.82, 2.24) is 4.90 Å². The first-order chi connectivity index (χ1) is 13.1. The van der Waals surface area contributed by atoms with Crippen molar-refractivity contribution in [2.24, 2.45) is 0 Å². The fourth-order valence-electron chi connectivity index (χ4n) is 3.44. The standard InChI is InChI=1S/C22H26N2O3/c1-17(25)27-14-6-8-18-7-5-11-21(15-18)23-22(26)24-13-12-20(16-24)19-9-3-2-4-10-19/h2-5,7,9-11,15,20H,6,8,12-14,16H2,1H3,(H,23,26)/t20-/m0/s1. The van der Waals surface area contributed by atoms with Gasteiger partial charge in [-0.15, -0.1) is 0 Å². The molecule has 0 radical (unpaired) electrons. The van der Waals surface area contributed by atoms with Gasteiger partial charge < -0.3 is 15.0 Å². The van der Waals surface area contributed by atoms with Crippen molar-refractivity contribution in [3.63, 3.8) is 0 Å². The third-order valence-electron chi connectivity index (χ3n) is 4.84.